The maximum Gasteiger partial charge on any atom is 0.250 e. The van der Waals surface area contributed by atoms with Crippen molar-refractivity contribution >= 4 is 18.2 Å². The third-order valence-electron chi connectivity index (χ3n) is 6.56. The van der Waals surface area contributed by atoms with Gasteiger partial charge in [-0.25, -0.2) is 8.42 Å². The first-order valence-electron chi connectivity index (χ1n) is 11.9. The van der Waals surface area contributed by atoms with E-state index in [4.69, 9.17) is 13.9 Å². The highest BCUT2D eigenvalue weighted by atomic mass is 32.2. The van der Waals surface area contributed by atoms with Crippen LogP contribution >= 0.6 is 0 Å². The summed E-state index contributed by atoms with van der Waals surface area (Å²) < 4.78 is 46.4. The second-order valence-corrected chi connectivity index (χ2v) is 17.2. The molecule has 0 aliphatic carbocycles. The minimum atomic E-state index is -3.84. The standard InChI is InChI=1S/C26H39NO5SSi/c1-20-15-22(19-30-18-21-11-8-7-9-12-21)25(23(16-20)32-34(5,6)26(2,3)4)33(28,29)24-17-27-13-10-14-31-24/h7-9,11-12,15-16,24,27H,10,13-14,17-19H2,1-6H3. The molecule has 6 nitrogen and oxygen atoms in total. The van der Waals surface area contributed by atoms with E-state index in [2.05, 4.69) is 39.2 Å². The van der Waals surface area contributed by atoms with E-state index in [1.165, 1.54) is 0 Å². The maximum absolute atomic E-state index is 14.0. The monoisotopic (exact) mass is 505 g/mol. The Morgan fingerprint density at radius 3 is 2.50 bits per heavy atom. The van der Waals surface area contributed by atoms with Crippen LogP contribution in [-0.4, -0.2) is 41.9 Å². The van der Waals surface area contributed by atoms with Gasteiger partial charge >= 0.3 is 0 Å². The molecule has 0 saturated carbocycles. The molecular formula is C26H39NO5SSi. The van der Waals surface area contributed by atoms with Crippen molar-refractivity contribution in [1.29, 1.82) is 0 Å². The molecule has 0 bridgehead atoms. The van der Waals surface area contributed by atoms with Crippen molar-refractivity contribution < 1.29 is 22.3 Å². The molecule has 1 aliphatic rings. The summed E-state index contributed by atoms with van der Waals surface area (Å²) in [5.74, 6) is 0.415. The largest absolute Gasteiger partial charge is 0.543 e. The molecule has 0 spiro atoms. The van der Waals surface area contributed by atoms with Crippen LogP contribution in [0.3, 0.4) is 0 Å². The Hall–Kier alpha value is -1.71. The Morgan fingerprint density at radius 2 is 1.82 bits per heavy atom. The molecule has 1 heterocycles. The lowest BCUT2D eigenvalue weighted by Gasteiger charge is -2.37. The fourth-order valence-corrected chi connectivity index (χ4v) is 6.45. The number of nitrogens with one attached hydrogen (secondary N) is 1. The second-order valence-electron chi connectivity index (χ2n) is 10.5. The fourth-order valence-electron chi connectivity index (χ4n) is 3.62. The Labute approximate surface area is 206 Å². The van der Waals surface area contributed by atoms with Gasteiger partial charge in [0.25, 0.3) is 8.32 Å². The first-order chi connectivity index (χ1) is 15.9. The zero-order valence-corrected chi connectivity index (χ0v) is 23.1. The lowest BCUT2D eigenvalue weighted by atomic mass is 10.1. The van der Waals surface area contributed by atoms with E-state index < -0.39 is 23.6 Å². The minimum Gasteiger partial charge on any atom is -0.543 e. The molecule has 0 radical (unpaired) electrons. The molecule has 0 amide bonds. The maximum atomic E-state index is 14.0. The second kappa shape index (κ2) is 10.9. The molecule has 1 unspecified atom stereocenters. The van der Waals surface area contributed by atoms with Gasteiger partial charge in [-0.1, -0.05) is 57.2 Å². The number of benzene rings is 2. The summed E-state index contributed by atoms with van der Waals surface area (Å²) in [6.45, 7) is 14.6. The van der Waals surface area contributed by atoms with Crippen molar-refractivity contribution in [1.82, 2.24) is 5.32 Å². The lowest BCUT2D eigenvalue weighted by Crippen LogP contribution is -2.44. The van der Waals surface area contributed by atoms with Crippen molar-refractivity contribution in [2.45, 2.75) is 75.8 Å². The van der Waals surface area contributed by atoms with Gasteiger partial charge in [-0.2, -0.15) is 0 Å². The number of rotatable bonds is 8. The first-order valence-corrected chi connectivity index (χ1v) is 16.4. The molecule has 34 heavy (non-hydrogen) atoms. The minimum absolute atomic E-state index is 0.0812. The van der Waals surface area contributed by atoms with Crippen molar-refractivity contribution in [3.63, 3.8) is 0 Å². The van der Waals surface area contributed by atoms with Crippen LogP contribution in [0.25, 0.3) is 0 Å². The van der Waals surface area contributed by atoms with E-state index in [-0.39, 0.29) is 23.1 Å². The topological polar surface area (TPSA) is 73.9 Å². The van der Waals surface area contributed by atoms with E-state index in [1.807, 2.05) is 49.4 Å². The fraction of sp³-hybridized carbons (Fsp3) is 0.538. The molecule has 8 heteroatoms. The van der Waals surface area contributed by atoms with Crippen molar-refractivity contribution in [3.8, 4) is 5.75 Å². The normalized spacial score (nSPS) is 17.9. The van der Waals surface area contributed by atoms with Crippen molar-refractivity contribution in [2.24, 2.45) is 0 Å². The highest BCUT2D eigenvalue weighted by Gasteiger charge is 2.42. The van der Waals surface area contributed by atoms with Crippen LogP contribution in [0.15, 0.2) is 47.4 Å². The van der Waals surface area contributed by atoms with E-state index >= 15 is 0 Å². The molecule has 1 fully saturated rings. The Bertz CT molecular complexity index is 1060. The molecule has 1 saturated heterocycles. The van der Waals surface area contributed by atoms with Crippen LogP contribution in [0, 0.1) is 6.92 Å². The first kappa shape index (κ1) is 26.9. The Morgan fingerprint density at radius 1 is 1.12 bits per heavy atom. The zero-order chi connectivity index (χ0) is 25.0. The van der Waals surface area contributed by atoms with Gasteiger partial charge in [0, 0.05) is 18.7 Å². The van der Waals surface area contributed by atoms with E-state index in [9.17, 15) is 8.42 Å². The van der Waals surface area contributed by atoms with Crippen molar-refractivity contribution in [3.05, 3.63) is 59.2 Å². The number of aryl methyl sites for hydroxylation is 1. The van der Waals surface area contributed by atoms with Crippen LogP contribution in [0.4, 0.5) is 0 Å². The quantitative estimate of drug-likeness (QED) is 0.497. The average molecular weight is 506 g/mol. The highest BCUT2D eigenvalue weighted by Crippen LogP contribution is 2.41. The third kappa shape index (κ3) is 6.49. The SMILES string of the molecule is Cc1cc(COCc2ccccc2)c(S(=O)(=O)C2CNCCCO2)c(O[Si](C)(C)C(C)(C)C)c1. The summed E-state index contributed by atoms with van der Waals surface area (Å²) in [5, 5.41) is 3.11. The number of sulfone groups is 1. The molecular weight excluding hydrogens is 466 g/mol. The molecule has 0 aromatic heterocycles. The number of hydrogen-bond acceptors (Lipinski definition) is 6. The molecule has 2 aromatic rings. The smallest absolute Gasteiger partial charge is 0.250 e. The van der Waals surface area contributed by atoms with Crippen LogP contribution in [-0.2, 0) is 32.5 Å². The van der Waals surface area contributed by atoms with Gasteiger partial charge in [0.2, 0.25) is 9.84 Å². The van der Waals surface area contributed by atoms with Gasteiger partial charge in [-0.3, -0.25) is 0 Å². The molecule has 3 rings (SSSR count). The summed E-state index contributed by atoms with van der Waals surface area (Å²) in [7, 11) is -6.15. The van der Waals surface area contributed by atoms with Gasteiger partial charge < -0.3 is 19.2 Å². The Kier molecular flexibility index (Phi) is 8.63. The van der Waals surface area contributed by atoms with E-state index in [0.29, 0.717) is 24.5 Å². The van der Waals surface area contributed by atoms with Crippen LogP contribution < -0.4 is 9.74 Å². The predicted molar refractivity (Wildman–Crippen MR) is 138 cm³/mol. The van der Waals surface area contributed by atoms with Crippen LogP contribution in [0.5, 0.6) is 5.75 Å². The average Bonchev–Trinajstić information content (AvgIpc) is 3.03. The van der Waals surface area contributed by atoms with Gasteiger partial charge in [-0.15, -0.1) is 0 Å². The molecule has 2 aromatic carbocycles. The van der Waals surface area contributed by atoms with Crippen LogP contribution in [0.1, 0.15) is 43.9 Å². The summed E-state index contributed by atoms with van der Waals surface area (Å²) in [6, 6.07) is 13.6. The van der Waals surface area contributed by atoms with Gasteiger partial charge in [0.15, 0.2) is 5.44 Å². The Balaban J connectivity index is 2.03. The zero-order valence-electron chi connectivity index (χ0n) is 21.3. The third-order valence-corrected chi connectivity index (χ3v) is 12.9. The highest BCUT2D eigenvalue weighted by molar-refractivity contribution is 7.92. The lowest BCUT2D eigenvalue weighted by molar-refractivity contribution is 0.104. The van der Waals surface area contributed by atoms with E-state index in [1.54, 1.807) is 0 Å². The van der Waals surface area contributed by atoms with E-state index in [0.717, 1.165) is 24.1 Å². The number of ether oxygens (including phenoxy) is 2. The van der Waals surface area contributed by atoms with Crippen molar-refractivity contribution in [2.75, 3.05) is 19.7 Å². The van der Waals surface area contributed by atoms with Crippen LogP contribution in [0.2, 0.25) is 18.1 Å². The molecule has 1 atom stereocenters. The molecule has 1 N–H and O–H groups in total. The number of hydrogen-bond donors (Lipinski definition) is 1. The molecule has 188 valence electrons. The van der Waals surface area contributed by atoms with Gasteiger partial charge in [-0.05, 0) is 55.2 Å². The van der Waals surface area contributed by atoms with Gasteiger partial charge in [0.1, 0.15) is 10.6 Å². The summed E-state index contributed by atoms with van der Waals surface area (Å²) >= 11 is 0. The predicted octanol–water partition coefficient (Wildman–Crippen LogP) is 5.21. The van der Waals surface area contributed by atoms with Gasteiger partial charge in [0.05, 0.1) is 13.2 Å². The molecule has 1 aliphatic heterocycles. The summed E-state index contributed by atoms with van der Waals surface area (Å²) in [4.78, 5) is 0.199. The summed E-state index contributed by atoms with van der Waals surface area (Å²) in [5.41, 5.74) is 1.62. The summed E-state index contributed by atoms with van der Waals surface area (Å²) in [6.07, 6.45) is 0.778.